The van der Waals surface area contributed by atoms with Gasteiger partial charge in [0.25, 0.3) is 0 Å². The van der Waals surface area contributed by atoms with E-state index in [9.17, 15) is 4.79 Å². The Morgan fingerprint density at radius 3 is 2.33 bits per heavy atom. The smallest absolute Gasteiger partial charge is 0.136 e. The van der Waals surface area contributed by atoms with Gasteiger partial charge in [0.15, 0.2) is 0 Å². The molecule has 4 bridgehead atoms. The first-order chi connectivity index (χ1) is 7.07. The maximum absolute atomic E-state index is 11.9. The fourth-order valence-electron chi connectivity index (χ4n) is 4.84. The molecule has 4 rings (SSSR count). The molecule has 0 aromatic carbocycles. The highest BCUT2D eigenvalue weighted by atomic mass is 16.1. The molecule has 0 spiro atoms. The van der Waals surface area contributed by atoms with Crippen LogP contribution in [0.5, 0.6) is 0 Å². The van der Waals surface area contributed by atoms with E-state index < -0.39 is 0 Å². The molecule has 0 amide bonds. The Morgan fingerprint density at radius 1 is 1.27 bits per heavy atom. The van der Waals surface area contributed by atoms with Gasteiger partial charge in [-0.1, -0.05) is 5.92 Å². The quantitative estimate of drug-likeness (QED) is 0.597. The molecule has 15 heavy (non-hydrogen) atoms. The predicted octanol–water partition coefficient (Wildman–Crippen LogP) is 2.80. The molecule has 4 aliphatic rings. The Balaban J connectivity index is 2.03. The van der Waals surface area contributed by atoms with Gasteiger partial charge in [0.05, 0.1) is 0 Å². The third-order valence-corrected chi connectivity index (χ3v) is 5.11. The van der Waals surface area contributed by atoms with Gasteiger partial charge >= 0.3 is 0 Å². The lowest BCUT2D eigenvalue weighted by molar-refractivity contribution is -0.146. The average molecular weight is 202 g/mol. The second-order valence-electron chi connectivity index (χ2n) is 6.22. The van der Waals surface area contributed by atoms with Crippen LogP contribution in [0.4, 0.5) is 0 Å². The lowest BCUT2D eigenvalue weighted by Gasteiger charge is -2.59. The molecule has 0 aliphatic heterocycles. The van der Waals surface area contributed by atoms with Crippen molar-refractivity contribution >= 4 is 5.78 Å². The van der Waals surface area contributed by atoms with Crippen LogP contribution in [0, 0.1) is 35.0 Å². The zero-order valence-corrected chi connectivity index (χ0v) is 9.38. The molecule has 0 radical (unpaired) electrons. The molecule has 0 heterocycles. The highest BCUT2D eigenvalue weighted by Crippen LogP contribution is 2.65. The third kappa shape index (κ3) is 1.14. The fraction of sp³-hybridized carbons (Fsp3) is 0.786. The zero-order valence-electron chi connectivity index (χ0n) is 9.38. The summed E-state index contributed by atoms with van der Waals surface area (Å²) >= 11 is 0. The fourth-order valence-corrected chi connectivity index (χ4v) is 4.84. The van der Waals surface area contributed by atoms with E-state index >= 15 is 0 Å². The summed E-state index contributed by atoms with van der Waals surface area (Å²) in [5, 5.41) is 0. The maximum Gasteiger partial charge on any atom is 0.136 e. The Labute approximate surface area is 91.6 Å². The monoisotopic (exact) mass is 202 g/mol. The van der Waals surface area contributed by atoms with E-state index in [-0.39, 0.29) is 10.8 Å². The standard InChI is InChI=1S/C14H18O/c1-3-13-5-11-4-12(6-13)8-14(7-11,9-13)10(2)15/h1,11-12H,4-9H2,2H3. The van der Waals surface area contributed by atoms with Crippen LogP contribution >= 0.6 is 0 Å². The zero-order chi connectivity index (χ0) is 10.7. The van der Waals surface area contributed by atoms with E-state index in [2.05, 4.69) is 5.92 Å². The van der Waals surface area contributed by atoms with Crippen LogP contribution in [0.1, 0.15) is 45.4 Å². The Hall–Kier alpha value is -0.770. The minimum atomic E-state index is -0.0174. The molecule has 80 valence electrons. The van der Waals surface area contributed by atoms with Gasteiger partial charge in [-0.3, -0.25) is 4.79 Å². The van der Waals surface area contributed by atoms with Gasteiger partial charge in [0.1, 0.15) is 5.78 Å². The molecule has 0 saturated heterocycles. The van der Waals surface area contributed by atoms with Crippen molar-refractivity contribution in [2.45, 2.75) is 45.4 Å². The van der Waals surface area contributed by atoms with Gasteiger partial charge in [0, 0.05) is 10.8 Å². The molecule has 0 aromatic heterocycles. The van der Waals surface area contributed by atoms with Crippen LogP contribution in [0.25, 0.3) is 0 Å². The van der Waals surface area contributed by atoms with E-state index in [1.54, 1.807) is 6.92 Å². The SMILES string of the molecule is C#CC12CC3CC(C1)CC(C(C)=O)(C3)C2. The van der Waals surface area contributed by atoms with E-state index in [0.717, 1.165) is 31.1 Å². The molecule has 1 heteroatoms. The molecular weight excluding hydrogens is 184 g/mol. The molecule has 4 aliphatic carbocycles. The van der Waals surface area contributed by atoms with Crippen molar-refractivity contribution in [2.24, 2.45) is 22.7 Å². The van der Waals surface area contributed by atoms with Gasteiger partial charge in [-0.25, -0.2) is 0 Å². The van der Waals surface area contributed by atoms with Crippen molar-refractivity contribution < 1.29 is 4.79 Å². The summed E-state index contributed by atoms with van der Waals surface area (Å²) in [7, 11) is 0. The molecule has 0 N–H and O–H groups in total. The van der Waals surface area contributed by atoms with Crippen molar-refractivity contribution in [1.29, 1.82) is 0 Å². The van der Waals surface area contributed by atoms with E-state index in [0.29, 0.717) is 5.78 Å². The number of hydrogen-bond donors (Lipinski definition) is 0. The average Bonchev–Trinajstić information content (AvgIpc) is 2.15. The summed E-state index contributed by atoms with van der Waals surface area (Å²) in [5.41, 5.74) is 0.0756. The highest BCUT2D eigenvalue weighted by Gasteiger charge is 2.58. The summed E-state index contributed by atoms with van der Waals surface area (Å²) < 4.78 is 0. The van der Waals surface area contributed by atoms with Crippen molar-refractivity contribution in [3.8, 4) is 12.3 Å². The van der Waals surface area contributed by atoms with Crippen LogP contribution in [-0.4, -0.2) is 5.78 Å². The van der Waals surface area contributed by atoms with Gasteiger partial charge in [-0.15, -0.1) is 6.42 Å². The number of rotatable bonds is 1. The first kappa shape index (κ1) is 9.46. The Bertz CT molecular complexity index is 346. The van der Waals surface area contributed by atoms with Gasteiger partial charge in [0.2, 0.25) is 0 Å². The van der Waals surface area contributed by atoms with Crippen molar-refractivity contribution in [3.05, 3.63) is 0 Å². The second-order valence-corrected chi connectivity index (χ2v) is 6.22. The van der Waals surface area contributed by atoms with Crippen molar-refractivity contribution in [3.63, 3.8) is 0 Å². The van der Waals surface area contributed by atoms with Crippen LogP contribution in [0.2, 0.25) is 0 Å². The Kier molecular flexibility index (Phi) is 1.68. The molecule has 0 aromatic rings. The van der Waals surface area contributed by atoms with E-state index in [1.165, 1.54) is 19.3 Å². The minimum absolute atomic E-state index is 0.0174. The first-order valence-electron chi connectivity index (χ1n) is 6.06. The van der Waals surface area contributed by atoms with Crippen LogP contribution in [0.3, 0.4) is 0 Å². The summed E-state index contributed by atoms with van der Waals surface area (Å²) in [4.78, 5) is 11.9. The van der Waals surface area contributed by atoms with Gasteiger partial charge in [-0.05, 0) is 57.3 Å². The number of Topliss-reactive ketones (excluding diaryl/α,β-unsaturated/α-hetero) is 1. The highest BCUT2D eigenvalue weighted by molar-refractivity contribution is 5.83. The molecule has 1 nitrogen and oxygen atoms in total. The topological polar surface area (TPSA) is 17.1 Å². The number of hydrogen-bond acceptors (Lipinski definition) is 1. The van der Waals surface area contributed by atoms with Crippen LogP contribution in [-0.2, 0) is 4.79 Å². The first-order valence-corrected chi connectivity index (χ1v) is 6.06. The normalized spacial score (nSPS) is 51.5. The molecule has 2 unspecified atom stereocenters. The van der Waals surface area contributed by atoms with Crippen molar-refractivity contribution in [1.82, 2.24) is 0 Å². The molecule has 2 atom stereocenters. The third-order valence-electron chi connectivity index (χ3n) is 5.11. The number of carbonyl (C=O) groups is 1. The van der Waals surface area contributed by atoms with Crippen LogP contribution < -0.4 is 0 Å². The maximum atomic E-state index is 11.9. The largest absolute Gasteiger partial charge is 0.299 e. The molecule has 4 saturated carbocycles. The summed E-state index contributed by atoms with van der Waals surface area (Å²) in [6.45, 7) is 1.78. The number of terminal acetylenes is 1. The second kappa shape index (κ2) is 2.67. The molecule has 4 fully saturated rings. The number of carbonyl (C=O) groups excluding carboxylic acids is 1. The van der Waals surface area contributed by atoms with Crippen LogP contribution in [0.15, 0.2) is 0 Å². The Morgan fingerprint density at radius 2 is 1.87 bits per heavy atom. The van der Waals surface area contributed by atoms with E-state index in [4.69, 9.17) is 6.42 Å². The minimum Gasteiger partial charge on any atom is -0.299 e. The predicted molar refractivity (Wildman–Crippen MR) is 59.1 cm³/mol. The lowest BCUT2D eigenvalue weighted by atomic mass is 9.43. The lowest BCUT2D eigenvalue weighted by Crippen LogP contribution is -2.54. The summed E-state index contributed by atoms with van der Waals surface area (Å²) in [6, 6.07) is 0. The van der Waals surface area contributed by atoms with Gasteiger partial charge in [-0.2, -0.15) is 0 Å². The molecular formula is C14H18O. The summed E-state index contributed by atoms with van der Waals surface area (Å²) in [5.74, 6) is 4.92. The summed E-state index contributed by atoms with van der Waals surface area (Å²) in [6.07, 6.45) is 12.7. The van der Waals surface area contributed by atoms with Gasteiger partial charge < -0.3 is 0 Å². The van der Waals surface area contributed by atoms with Crippen molar-refractivity contribution in [2.75, 3.05) is 0 Å². The number of ketones is 1. The van der Waals surface area contributed by atoms with E-state index in [1.807, 2.05) is 0 Å².